The predicted octanol–water partition coefficient (Wildman–Crippen LogP) is 4.78. The predicted molar refractivity (Wildman–Crippen MR) is 76.0 cm³/mol. The van der Waals surface area contributed by atoms with Gasteiger partial charge in [0.15, 0.2) is 0 Å². The van der Waals surface area contributed by atoms with Crippen molar-refractivity contribution in [3.63, 3.8) is 0 Å². The Kier molecular flexibility index (Phi) is 2.65. The van der Waals surface area contributed by atoms with Gasteiger partial charge < -0.3 is 4.72 Å². The van der Waals surface area contributed by atoms with Crippen LogP contribution >= 0.6 is 23.7 Å². The van der Waals surface area contributed by atoms with Crippen molar-refractivity contribution < 1.29 is 0 Å². The lowest BCUT2D eigenvalue weighted by Crippen LogP contribution is -2.04. The highest BCUT2D eigenvalue weighted by Crippen LogP contribution is 2.45. The molecule has 1 aliphatic rings. The summed E-state index contributed by atoms with van der Waals surface area (Å²) >= 11 is 7.57. The summed E-state index contributed by atoms with van der Waals surface area (Å²) < 4.78 is 5.48. The zero-order valence-electron chi connectivity index (χ0n) is 9.27. The molecule has 0 fully saturated rings. The number of halogens is 1. The molecule has 0 aliphatic carbocycles. The molecule has 2 aromatic rings. The molecule has 0 saturated carbocycles. The maximum Gasteiger partial charge on any atom is 0.0782 e. The van der Waals surface area contributed by atoms with Crippen LogP contribution in [0.15, 0.2) is 42.5 Å². The van der Waals surface area contributed by atoms with E-state index in [1.54, 1.807) is 12.1 Å². The van der Waals surface area contributed by atoms with E-state index >= 15 is 0 Å². The molecule has 86 valence electrons. The lowest BCUT2D eigenvalue weighted by molar-refractivity contribution is 1.38. The van der Waals surface area contributed by atoms with E-state index in [0.29, 0.717) is 0 Å². The summed E-state index contributed by atoms with van der Waals surface area (Å²) in [4.78, 5) is 0. The summed E-state index contributed by atoms with van der Waals surface area (Å²) in [5.74, 6) is 0. The zero-order valence-corrected chi connectivity index (χ0v) is 10.8. The third-order valence-electron chi connectivity index (χ3n) is 2.75. The molecule has 0 amide bonds. The average Bonchev–Trinajstić information content (AvgIpc) is 2.73. The zero-order chi connectivity index (χ0) is 11.8. The minimum Gasteiger partial charge on any atom is -0.310 e. The Morgan fingerprint density at radius 2 is 1.94 bits per heavy atom. The fourth-order valence-corrected chi connectivity index (χ4v) is 3.06. The smallest absolute Gasteiger partial charge is 0.0782 e. The van der Waals surface area contributed by atoms with E-state index in [1.165, 1.54) is 11.3 Å². The van der Waals surface area contributed by atoms with Crippen molar-refractivity contribution in [3.8, 4) is 0 Å². The Morgan fingerprint density at radius 3 is 2.76 bits per heavy atom. The van der Waals surface area contributed by atoms with Crippen LogP contribution in [-0.2, 0) is 0 Å². The molecule has 2 aromatic carbocycles. The van der Waals surface area contributed by atoms with Crippen LogP contribution < -0.4 is 9.03 Å². The van der Waals surface area contributed by atoms with E-state index in [2.05, 4.69) is 34.2 Å². The van der Waals surface area contributed by atoms with Crippen molar-refractivity contribution in [3.05, 3.63) is 53.1 Å². The standard InChI is InChI=1S/C13H11ClN2S/c1-9-8-10(14)6-7-12(9)16-13-5-3-2-4-11(13)15-17-16/h2-8,15H,1H3. The fraction of sp³-hybridized carbons (Fsp3) is 0.0769. The van der Waals surface area contributed by atoms with Gasteiger partial charge in [-0.15, -0.1) is 0 Å². The van der Waals surface area contributed by atoms with E-state index in [0.717, 1.165) is 16.4 Å². The first-order valence-electron chi connectivity index (χ1n) is 5.34. The molecule has 0 radical (unpaired) electrons. The Morgan fingerprint density at radius 1 is 1.12 bits per heavy atom. The molecule has 0 bridgehead atoms. The minimum atomic E-state index is 0.775. The van der Waals surface area contributed by atoms with Crippen LogP contribution in [0.4, 0.5) is 17.1 Å². The quantitative estimate of drug-likeness (QED) is 0.745. The normalized spacial score (nSPS) is 13.4. The SMILES string of the molecule is Cc1cc(Cl)ccc1N1SNc2ccccc21. The van der Waals surface area contributed by atoms with Crippen molar-refractivity contribution in [1.82, 2.24) is 0 Å². The molecule has 17 heavy (non-hydrogen) atoms. The Bertz CT molecular complexity index is 571. The first kappa shape index (κ1) is 10.8. The van der Waals surface area contributed by atoms with Crippen LogP contribution in [-0.4, -0.2) is 0 Å². The second-order valence-corrected chi connectivity index (χ2v) is 5.12. The van der Waals surface area contributed by atoms with Crippen molar-refractivity contribution >= 4 is 40.8 Å². The molecule has 0 saturated heterocycles. The van der Waals surface area contributed by atoms with Crippen molar-refractivity contribution in [2.24, 2.45) is 0 Å². The molecule has 1 aliphatic heterocycles. The fourth-order valence-electron chi connectivity index (χ4n) is 1.91. The van der Waals surface area contributed by atoms with Gasteiger partial charge in [0.2, 0.25) is 0 Å². The van der Waals surface area contributed by atoms with Crippen molar-refractivity contribution in [2.75, 3.05) is 9.03 Å². The number of aryl methyl sites for hydroxylation is 1. The van der Waals surface area contributed by atoms with E-state index in [9.17, 15) is 0 Å². The van der Waals surface area contributed by atoms with Crippen molar-refractivity contribution in [1.29, 1.82) is 0 Å². The van der Waals surface area contributed by atoms with Gasteiger partial charge in [0.25, 0.3) is 0 Å². The number of anilines is 3. The Hall–Kier alpha value is -1.32. The lowest BCUT2D eigenvalue weighted by Gasteiger charge is -2.18. The Balaban J connectivity index is 2.07. The van der Waals surface area contributed by atoms with Crippen LogP contribution in [0.2, 0.25) is 5.02 Å². The van der Waals surface area contributed by atoms with E-state index in [4.69, 9.17) is 11.6 Å². The molecule has 0 atom stereocenters. The number of para-hydroxylation sites is 2. The number of fused-ring (bicyclic) bond motifs is 1. The van der Waals surface area contributed by atoms with Gasteiger partial charge in [-0.2, -0.15) is 0 Å². The Labute approximate surface area is 110 Å². The van der Waals surface area contributed by atoms with E-state index < -0.39 is 0 Å². The summed E-state index contributed by atoms with van der Waals surface area (Å²) in [7, 11) is 0. The summed E-state index contributed by atoms with van der Waals surface area (Å²) in [6.07, 6.45) is 0. The van der Waals surface area contributed by atoms with Crippen LogP contribution in [0.25, 0.3) is 0 Å². The molecule has 0 spiro atoms. The highest BCUT2D eigenvalue weighted by molar-refractivity contribution is 8.02. The van der Waals surface area contributed by atoms with Gasteiger partial charge in [-0.3, -0.25) is 4.31 Å². The molecule has 2 nitrogen and oxygen atoms in total. The largest absolute Gasteiger partial charge is 0.310 e. The molecule has 1 N–H and O–H groups in total. The third kappa shape index (κ3) is 1.85. The summed E-state index contributed by atoms with van der Waals surface area (Å²) in [5.41, 5.74) is 4.66. The number of benzene rings is 2. The number of nitrogens with one attached hydrogen (secondary N) is 1. The summed E-state index contributed by atoms with van der Waals surface area (Å²) in [6.45, 7) is 2.07. The average molecular weight is 263 g/mol. The molecule has 1 heterocycles. The van der Waals surface area contributed by atoms with Crippen LogP contribution in [0.5, 0.6) is 0 Å². The summed E-state index contributed by atoms with van der Waals surface area (Å²) in [6, 6.07) is 14.2. The molecule has 0 unspecified atom stereocenters. The number of rotatable bonds is 1. The highest BCUT2D eigenvalue weighted by Gasteiger charge is 2.21. The van der Waals surface area contributed by atoms with Gasteiger partial charge in [0, 0.05) is 5.02 Å². The first-order valence-corrected chi connectivity index (χ1v) is 6.49. The van der Waals surface area contributed by atoms with Gasteiger partial charge in [-0.25, -0.2) is 0 Å². The van der Waals surface area contributed by atoms with Crippen molar-refractivity contribution in [2.45, 2.75) is 6.92 Å². The van der Waals surface area contributed by atoms with Crippen LogP contribution in [0.1, 0.15) is 5.56 Å². The lowest BCUT2D eigenvalue weighted by atomic mass is 10.2. The molecule has 4 heteroatoms. The molecule has 3 rings (SSSR count). The van der Waals surface area contributed by atoms with Gasteiger partial charge in [-0.1, -0.05) is 23.7 Å². The maximum absolute atomic E-state index is 5.98. The highest BCUT2D eigenvalue weighted by atomic mass is 35.5. The van der Waals surface area contributed by atoms with E-state index in [-0.39, 0.29) is 0 Å². The van der Waals surface area contributed by atoms with Crippen LogP contribution in [0.3, 0.4) is 0 Å². The molecular formula is C13H11ClN2S. The van der Waals surface area contributed by atoms with Gasteiger partial charge in [-0.05, 0) is 42.8 Å². The second kappa shape index (κ2) is 4.17. The topological polar surface area (TPSA) is 15.3 Å². The van der Waals surface area contributed by atoms with Crippen LogP contribution in [0, 0.1) is 6.92 Å². The van der Waals surface area contributed by atoms with Gasteiger partial charge in [0.1, 0.15) is 0 Å². The number of hydrogen-bond donors (Lipinski definition) is 1. The van der Waals surface area contributed by atoms with E-state index in [1.807, 2.05) is 24.3 Å². The molecule has 0 aromatic heterocycles. The number of nitrogens with zero attached hydrogens (tertiary/aromatic N) is 1. The van der Waals surface area contributed by atoms with Gasteiger partial charge in [0.05, 0.1) is 29.2 Å². The third-order valence-corrected chi connectivity index (χ3v) is 3.87. The maximum atomic E-state index is 5.98. The monoisotopic (exact) mass is 262 g/mol. The molecular weight excluding hydrogens is 252 g/mol. The second-order valence-electron chi connectivity index (χ2n) is 3.94. The minimum absolute atomic E-state index is 0.775. The number of hydrogen-bond acceptors (Lipinski definition) is 3. The summed E-state index contributed by atoms with van der Waals surface area (Å²) in [5, 5.41) is 0.775. The van der Waals surface area contributed by atoms with Gasteiger partial charge >= 0.3 is 0 Å². The first-order chi connectivity index (χ1) is 8.25.